The minimum absolute atomic E-state index is 0.00568. The second-order valence-electron chi connectivity index (χ2n) is 4.53. The fourth-order valence-electron chi connectivity index (χ4n) is 2.24. The molecule has 5 heteroatoms. The Morgan fingerprint density at radius 1 is 1.47 bits per heavy atom. The number of sulfone groups is 1. The summed E-state index contributed by atoms with van der Waals surface area (Å²) in [5.41, 5.74) is 1.68. The zero-order valence-electron chi connectivity index (χ0n) is 10.0. The molecule has 0 saturated carbocycles. The zero-order chi connectivity index (χ0) is 12.6. The van der Waals surface area contributed by atoms with E-state index in [1.165, 1.54) is 0 Å². The topological polar surface area (TPSA) is 57.6 Å². The second kappa shape index (κ2) is 4.31. The van der Waals surface area contributed by atoms with Crippen LogP contribution in [0, 0.1) is 6.92 Å². The lowest BCUT2D eigenvalue weighted by molar-refractivity contribution is 0.277. The van der Waals surface area contributed by atoms with Crippen molar-refractivity contribution in [1.82, 2.24) is 0 Å². The van der Waals surface area contributed by atoms with Gasteiger partial charge in [0.25, 0.3) is 0 Å². The molecule has 0 bridgehead atoms. The number of aryl methyl sites for hydroxylation is 1. The maximum Gasteiger partial charge on any atom is 0.182 e. The third kappa shape index (κ3) is 2.17. The molecule has 0 amide bonds. The highest BCUT2D eigenvalue weighted by molar-refractivity contribution is 7.91. The first-order valence-corrected chi connectivity index (χ1v) is 7.28. The van der Waals surface area contributed by atoms with Crippen LogP contribution < -0.4 is 4.90 Å². The Kier molecular flexibility index (Phi) is 3.14. The molecule has 0 aromatic heterocycles. The smallest absolute Gasteiger partial charge is 0.182 e. The van der Waals surface area contributed by atoms with Crippen LogP contribution in [0.3, 0.4) is 0 Å². The molecule has 0 aliphatic carbocycles. The van der Waals surface area contributed by atoms with Gasteiger partial charge in [0.15, 0.2) is 9.84 Å². The standard InChI is InChI=1S/C12H17NO3S/c1-9-3-4-11-12(7-9)17(15,16)8-10(5-6-14)13(11)2/h3-4,7,10,14H,5-6,8H2,1-2H3. The van der Waals surface area contributed by atoms with E-state index in [0.29, 0.717) is 11.3 Å². The summed E-state index contributed by atoms with van der Waals surface area (Å²) in [6.07, 6.45) is 0.475. The molecule has 1 aliphatic rings. The summed E-state index contributed by atoms with van der Waals surface area (Å²) in [4.78, 5) is 2.36. The molecule has 2 rings (SSSR count). The average molecular weight is 255 g/mol. The summed E-state index contributed by atoms with van der Waals surface area (Å²) < 4.78 is 24.3. The van der Waals surface area contributed by atoms with E-state index >= 15 is 0 Å². The molecule has 17 heavy (non-hydrogen) atoms. The van der Waals surface area contributed by atoms with Crippen LogP contribution in [0.1, 0.15) is 12.0 Å². The van der Waals surface area contributed by atoms with Crippen LogP contribution in [0.2, 0.25) is 0 Å². The van der Waals surface area contributed by atoms with Gasteiger partial charge in [0.05, 0.1) is 16.3 Å². The maximum atomic E-state index is 12.1. The minimum atomic E-state index is -3.22. The van der Waals surface area contributed by atoms with Gasteiger partial charge < -0.3 is 10.0 Å². The van der Waals surface area contributed by atoms with Gasteiger partial charge in [0, 0.05) is 19.7 Å². The SMILES string of the molecule is Cc1ccc2c(c1)S(=O)(=O)CC(CCO)N2C. The summed E-state index contributed by atoms with van der Waals surface area (Å²) >= 11 is 0. The number of aliphatic hydroxyl groups excluding tert-OH is 1. The zero-order valence-corrected chi connectivity index (χ0v) is 10.9. The van der Waals surface area contributed by atoms with Crippen molar-refractivity contribution in [3.05, 3.63) is 23.8 Å². The molecule has 0 spiro atoms. The lowest BCUT2D eigenvalue weighted by atomic mass is 10.1. The Balaban J connectivity index is 2.53. The van der Waals surface area contributed by atoms with Gasteiger partial charge in [-0.05, 0) is 31.0 Å². The summed E-state index contributed by atoms with van der Waals surface area (Å²) in [6.45, 7) is 1.89. The molecule has 1 unspecified atom stereocenters. The van der Waals surface area contributed by atoms with Crippen LogP contribution in [0.5, 0.6) is 0 Å². The van der Waals surface area contributed by atoms with E-state index in [2.05, 4.69) is 0 Å². The number of aliphatic hydroxyl groups is 1. The summed E-state index contributed by atoms with van der Waals surface area (Å²) in [5, 5.41) is 8.98. The summed E-state index contributed by atoms with van der Waals surface area (Å²) in [5.74, 6) is 0.0838. The molecule has 1 atom stereocenters. The van der Waals surface area contributed by atoms with E-state index < -0.39 is 9.84 Å². The summed E-state index contributed by atoms with van der Waals surface area (Å²) in [6, 6.07) is 5.33. The molecule has 0 fully saturated rings. The van der Waals surface area contributed by atoms with Crippen LogP contribution >= 0.6 is 0 Å². The van der Waals surface area contributed by atoms with E-state index in [1.54, 1.807) is 6.07 Å². The van der Waals surface area contributed by atoms with Crippen molar-refractivity contribution in [1.29, 1.82) is 0 Å². The summed E-state index contributed by atoms with van der Waals surface area (Å²) in [7, 11) is -1.34. The van der Waals surface area contributed by atoms with Crippen molar-refractivity contribution in [3.8, 4) is 0 Å². The molecule has 1 aromatic carbocycles. The first kappa shape index (κ1) is 12.4. The molecular weight excluding hydrogens is 238 g/mol. The number of benzene rings is 1. The van der Waals surface area contributed by atoms with Crippen molar-refractivity contribution < 1.29 is 13.5 Å². The van der Waals surface area contributed by atoms with Crippen molar-refractivity contribution in [2.45, 2.75) is 24.3 Å². The van der Waals surface area contributed by atoms with Crippen LogP contribution in [0.15, 0.2) is 23.1 Å². The molecule has 1 N–H and O–H groups in total. The third-order valence-electron chi connectivity index (χ3n) is 3.25. The first-order valence-electron chi connectivity index (χ1n) is 5.63. The maximum absolute atomic E-state index is 12.1. The number of fused-ring (bicyclic) bond motifs is 1. The van der Waals surface area contributed by atoms with Gasteiger partial charge in [-0.3, -0.25) is 0 Å². The van der Waals surface area contributed by atoms with Crippen LogP contribution in [-0.2, 0) is 9.84 Å². The molecule has 0 saturated heterocycles. The average Bonchev–Trinajstić information content (AvgIpc) is 2.26. The van der Waals surface area contributed by atoms with E-state index in [4.69, 9.17) is 5.11 Å². The highest BCUT2D eigenvalue weighted by Gasteiger charge is 2.33. The Morgan fingerprint density at radius 3 is 2.82 bits per heavy atom. The second-order valence-corrected chi connectivity index (χ2v) is 6.53. The molecule has 1 heterocycles. The van der Waals surface area contributed by atoms with Gasteiger partial charge in [-0.2, -0.15) is 0 Å². The van der Waals surface area contributed by atoms with Gasteiger partial charge in [0.2, 0.25) is 0 Å². The lowest BCUT2D eigenvalue weighted by Crippen LogP contribution is -2.42. The van der Waals surface area contributed by atoms with Gasteiger partial charge in [-0.15, -0.1) is 0 Å². The number of rotatable bonds is 2. The van der Waals surface area contributed by atoms with E-state index in [9.17, 15) is 8.42 Å². The molecule has 0 radical (unpaired) electrons. The minimum Gasteiger partial charge on any atom is -0.396 e. The highest BCUT2D eigenvalue weighted by Crippen LogP contribution is 2.33. The normalized spacial score (nSPS) is 22.3. The molecule has 1 aromatic rings. The van der Waals surface area contributed by atoms with Gasteiger partial charge >= 0.3 is 0 Å². The predicted octanol–water partition coefficient (Wildman–Crippen LogP) is 0.970. The van der Waals surface area contributed by atoms with Gasteiger partial charge in [0.1, 0.15) is 0 Å². The fraction of sp³-hybridized carbons (Fsp3) is 0.500. The van der Waals surface area contributed by atoms with Gasteiger partial charge in [-0.25, -0.2) is 8.42 Å². The van der Waals surface area contributed by atoms with Gasteiger partial charge in [-0.1, -0.05) is 6.07 Å². The predicted molar refractivity (Wildman–Crippen MR) is 67.1 cm³/mol. The van der Waals surface area contributed by atoms with Crippen molar-refractivity contribution in [2.24, 2.45) is 0 Å². The van der Waals surface area contributed by atoms with Crippen molar-refractivity contribution in [3.63, 3.8) is 0 Å². The molecular formula is C12H17NO3S. The number of hydrogen-bond donors (Lipinski definition) is 1. The Bertz CT molecular complexity index is 525. The number of nitrogens with zero attached hydrogens (tertiary/aromatic N) is 1. The number of hydrogen-bond acceptors (Lipinski definition) is 4. The van der Waals surface area contributed by atoms with Crippen molar-refractivity contribution in [2.75, 3.05) is 24.3 Å². The third-order valence-corrected chi connectivity index (χ3v) is 5.07. The quantitative estimate of drug-likeness (QED) is 0.855. The Labute approximate surface area is 102 Å². The largest absolute Gasteiger partial charge is 0.396 e. The Hall–Kier alpha value is -1.07. The number of anilines is 1. The molecule has 1 aliphatic heterocycles. The first-order chi connectivity index (χ1) is 7.95. The lowest BCUT2D eigenvalue weighted by Gasteiger charge is -2.35. The van der Waals surface area contributed by atoms with E-state index in [-0.39, 0.29) is 18.4 Å². The van der Waals surface area contributed by atoms with Crippen LogP contribution in [0.25, 0.3) is 0 Å². The Morgan fingerprint density at radius 2 is 2.18 bits per heavy atom. The van der Waals surface area contributed by atoms with E-state index in [1.807, 2.05) is 31.0 Å². The van der Waals surface area contributed by atoms with E-state index in [0.717, 1.165) is 11.3 Å². The monoisotopic (exact) mass is 255 g/mol. The van der Waals surface area contributed by atoms with Crippen LogP contribution in [-0.4, -0.2) is 39.0 Å². The van der Waals surface area contributed by atoms with Crippen LogP contribution in [0.4, 0.5) is 5.69 Å². The molecule has 94 valence electrons. The fourth-order valence-corrected chi connectivity index (χ4v) is 4.21. The highest BCUT2D eigenvalue weighted by atomic mass is 32.2. The van der Waals surface area contributed by atoms with Crippen molar-refractivity contribution >= 4 is 15.5 Å². The molecule has 4 nitrogen and oxygen atoms in total.